The van der Waals surface area contributed by atoms with Crippen molar-refractivity contribution in [1.29, 1.82) is 0 Å². The van der Waals surface area contributed by atoms with Crippen molar-refractivity contribution < 1.29 is 13.9 Å². The van der Waals surface area contributed by atoms with Crippen LogP contribution < -0.4 is 5.63 Å². The second-order valence-electron chi connectivity index (χ2n) is 5.93. The molecule has 0 saturated carbocycles. The van der Waals surface area contributed by atoms with Crippen LogP contribution in [0.3, 0.4) is 0 Å². The van der Waals surface area contributed by atoms with Crippen LogP contribution in [0.1, 0.15) is 30.9 Å². The Morgan fingerprint density at radius 3 is 2.96 bits per heavy atom. The molecule has 0 radical (unpaired) electrons. The molecular formula is C18H21NO4. The molecule has 122 valence electrons. The molecule has 1 saturated heterocycles. The second kappa shape index (κ2) is 6.54. The van der Waals surface area contributed by atoms with E-state index in [4.69, 9.17) is 9.15 Å². The summed E-state index contributed by atoms with van der Waals surface area (Å²) in [6.45, 7) is 3.44. The molecule has 5 heteroatoms. The summed E-state index contributed by atoms with van der Waals surface area (Å²) >= 11 is 0. The van der Waals surface area contributed by atoms with Gasteiger partial charge in [0.1, 0.15) is 11.6 Å². The summed E-state index contributed by atoms with van der Waals surface area (Å²) in [6.07, 6.45) is 2.64. The predicted molar refractivity (Wildman–Crippen MR) is 87.3 cm³/mol. The lowest BCUT2D eigenvalue weighted by atomic mass is 10.1. The summed E-state index contributed by atoms with van der Waals surface area (Å²) in [4.78, 5) is 25.8. The molecule has 1 aliphatic heterocycles. The molecular weight excluding hydrogens is 294 g/mol. The highest BCUT2D eigenvalue weighted by Crippen LogP contribution is 2.25. The second-order valence-corrected chi connectivity index (χ2v) is 5.93. The molecule has 2 aromatic rings. The number of nitrogens with zero attached hydrogens (tertiary/aromatic N) is 1. The molecule has 0 spiro atoms. The highest BCUT2D eigenvalue weighted by Gasteiger charge is 2.31. The van der Waals surface area contributed by atoms with Crippen LogP contribution in [0.25, 0.3) is 11.0 Å². The Labute approximate surface area is 134 Å². The van der Waals surface area contributed by atoms with Crippen molar-refractivity contribution in [3.8, 4) is 0 Å². The molecule has 2 heterocycles. The van der Waals surface area contributed by atoms with Crippen LogP contribution in [0.4, 0.5) is 0 Å². The zero-order chi connectivity index (χ0) is 16.4. The third kappa shape index (κ3) is 3.15. The van der Waals surface area contributed by atoms with Crippen LogP contribution in [-0.4, -0.2) is 30.6 Å². The van der Waals surface area contributed by atoms with Gasteiger partial charge in [0.05, 0.1) is 7.11 Å². The number of aryl methyl sites for hydroxylation is 1. The number of esters is 1. The third-order valence-electron chi connectivity index (χ3n) is 4.51. The maximum absolute atomic E-state index is 11.9. The summed E-state index contributed by atoms with van der Waals surface area (Å²) in [7, 11) is 1.41. The average Bonchev–Trinajstić information content (AvgIpc) is 3.01. The summed E-state index contributed by atoms with van der Waals surface area (Å²) in [5.41, 5.74) is 2.29. The Kier molecular flexibility index (Phi) is 4.48. The number of methoxy groups -OCH3 is 1. The molecule has 1 fully saturated rings. The Morgan fingerprint density at radius 1 is 1.39 bits per heavy atom. The fourth-order valence-corrected chi connectivity index (χ4v) is 3.26. The summed E-state index contributed by atoms with van der Waals surface area (Å²) in [5, 5.41) is 0.928. The van der Waals surface area contributed by atoms with Crippen molar-refractivity contribution in [2.45, 2.75) is 38.8 Å². The molecule has 5 nitrogen and oxygen atoms in total. The van der Waals surface area contributed by atoms with Crippen molar-refractivity contribution in [1.82, 2.24) is 4.90 Å². The first-order valence-corrected chi connectivity index (χ1v) is 8.00. The van der Waals surface area contributed by atoms with Gasteiger partial charge in [-0.15, -0.1) is 0 Å². The van der Waals surface area contributed by atoms with E-state index in [9.17, 15) is 9.59 Å². The van der Waals surface area contributed by atoms with E-state index in [0.717, 1.165) is 42.3 Å². The highest BCUT2D eigenvalue weighted by molar-refractivity contribution is 5.81. The van der Waals surface area contributed by atoms with Crippen LogP contribution >= 0.6 is 0 Å². The monoisotopic (exact) mass is 315 g/mol. The van der Waals surface area contributed by atoms with Gasteiger partial charge in [0.15, 0.2) is 0 Å². The van der Waals surface area contributed by atoms with E-state index in [1.54, 1.807) is 0 Å². The molecule has 23 heavy (non-hydrogen) atoms. The van der Waals surface area contributed by atoms with Crippen molar-refractivity contribution in [2.75, 3.05) is 13.7 Å². The number of hydrogen-bond donors (Lipinski definition) is 0. The summed E-state index contributed by atoms with van der Waals surface area (Å²) in [6, 6.07) is 7.27. The van der Waals surface area contributed by atoms with Crippen LogP contribution in [0.5, 0.6) is 0 Å². The number of likely N-dealkylation sites (tertiary alicyclic amines) is 1. The van der Waals surface area contributed by atoms with E-state index in [1.165, 1.54) is 13.2 Å². The van der Waals surface area contributed by atoms with Crippen molar-refractivity contribution in [2.24, 2.45) is 0 Å². The number of carbonyl (C=O) groups is 1. The van der Waals surface area contributed by atoms with Crippen LogP contribution in [0.2, 0.25) is 0 Å². The molecule has 0 aliphatic carbocycles. The van der Waals surface area contributed by atoms with E-state index >= 15 is 0 Å². The van der Waals surface area contributed by atoms with Gasteiger partial charge < -0.3 is 9.15 Å². The maximum atomic E-state index is 11.9. The smallest absolute Gasteiger partial charge is 0.336 e. The Hall–Kier alpha value is -2.14. The number of rotatable bonds is 4. The maximum Gasteiger partial charge on any atom is 0.336 e. The number of carbonyl (C=O) groups excluding carboxylic acids is 1. The van der Waals surface area contributed by atoms with E-state index in [-0.39, 0.29) is 17.6 Å². The molecule has 1 aromatic carbocycles. The van der Waals surface area contributed by atoms with Crippen LogP contribution in [0.15, 0.2) is 33.5 Å². The minimum atomic E-state index is -0.352. The first-order chi connectivity index (χ1) is 11.1. The van der Waals surface area contributed by atoms with Gasteiger partial charge in [-0.3, -0.25) is 9.69 Å². The fourth-order valence-electron chi connectivity index (χ4n) is 3.26. The van der Waals surface area contributed by atoms with Gasteiger partial charge in [-0.25, -0.2) is 4.79 Å². The molecule has 3 rings (SSSR count). The molecule has 1 unspecified atom stereocenters. The Morgan fingerprint density at radius 2 is 2.22 bits per heavy atom. The van der Waals surface area contributed by atoms with E-state index in [0.29, 0.717) is 12.1 Å². The first kappa shape index (κ1) is 15.7. The van der Waals surface area contributed by atoms with E-state index in [1.807, 2.05) is 18.2 Å². The van der Waals surface area contributed by atoms with Crippen molar-refractivity contribution >= 4 is 16.9 Å². The Bertz CT molecular complexity index is 780. The molecule has 0 amide bonds. The predicted octanol–water partition coefficient (Wildman–Crippen LogP) is 2.49. The van der Waals surface area contributed by atoms with Gasteiger partial charge in [0.2, 0.25) is 0 Å². The normalized spacial score (nSPS) is 18.4. The molecule has 0 bridgehead atoms. The number of fused-ring (bicyclic) bond motifs is 1. The summed E-state index contributed by atoms with van der Waals surface area (Å²) in [5.74, 6) is -0.206. The van der Waals surface area contributed by atoms with Crippen LogP contribution in [0, 0.1) is 0 Å². The number of hydrogen-bond acceptors (Lipinski definition) is 5. The van der Waals surface area contributed by atoms with Gasteiger partial charge in [-0.1, -0.05) is 19.1 Å². The van der Waals surface area contributed by atoms with Gasteiger partial charge >= 0.3 is 11.6 Å². The van der Waals surface area contributed by atoms with Crippen LogP contribution in [-0.2, 0) is 22.5 Å². The molecule has 1 aromatic heterocycles. The quantitative estimate of drug-likeness (QED) is 0.641. The van der Waals surface area contributed by atoms with Gasteiger partial charge in [0.25, 0.3) is 0 Å². The fraction of sp³-hybridized carbons (Fsp3) is 0.444. The SMILES string of the molecule is CCc1ccc2c(CN3CCCC3C(=O)OC)cc(=O)oc2c1. The van der Waals surface area contributed by atoms with Gasteiger partial charge in [0, 0.05) is 18.0 Å². The Balaban J connectivity index is 1.96. The van der Waals surface area contributed by atoms with E-state index in [2.05, 4.69) is 11.8 Å². The van der Waals surface area contributed by atoms with Crippen molar-refractivity contribution in [3.63, 3.8) is 0 Å². The van der Waals surface area contributed by atoms with E-state index < -0.39 is 0 Å². The van der Waals surface area contributed by atoms with Gasteiger partial charge in [-0.2, -0.15) is 0 Å². The van der Waals surface area contributed by atoms with Gasteiger partial charge in [-0.05, 0) is 43.0 Å². The lowest BCUT2D eigenvalue weighted by Gasteiger charge is -2.22. The zero-order valence-electron chi connectivity index (χ0n) is 13.5. The largest absolute Gasteiger partial charge is 0.468 e. The molecule has 0 N–H and O–H groups in total. The molecule has 1 atom stereocenters. The highest BCUT2D eigenvalue weighted by atomic mass is 16.5. The average molecular weight is 315 g/mol. The third-order valence-corrected chi connectivity index (χ3v) is 4.51. The molecule has 1 aliphatic rings. The minimum absolute atomic E-state index is 0.206. The topological polar surface area (TPSA) is 59.8 Å². The lowest BCUT2D eigenvalue weighted by molar-refractivity contribution is -0.146. The van der Waals surface area contributed by atoms with Crippen molar-refractivity contribution in [3.05, 3.63) is 45.8 Å². The standard InChI is InChI=1S/C18H21NO4/c1-3-12-6-7-14-13(10-17(20)23-16(14)9-12)11-19-8-4-5-15(19)18(21)22-2/h6-7,9-10,15H,3-5,8,11H2,1-2H3. The minimum Gasteiger partial charge on any atom is -0.468 e. The number of benzene rings is 1. The lowest BCUT2D eigenvalue weighted by Crippen LogP contribution is -2.36. The number of ether oxygens (including phenoxy) is 1. The first-order valence-electron chi connectivity index (χ1n) is 8.00. The summed E-state index contributed by atoms with van der Waals surface area (Å²) < 4.78 is 10.2. The zero-order valence-corrected chi connectivity index (χ0v) is 13.5.